The quantitative estimate of drug-likeness (QED) is 0.674. The van der Waals surface area contributed by atoms with Gasteiger partial charge in [0.1, 0.15) is 6.61 Å². The Balaban J connectivity index is 2.14. The number of nitrogens with zero attached hydrogens (tertiary/aromatic N) is 1. The minimum atomic E-state index is -0.370. The largest absolute Gasteiger partial charge is 0.456 e. The van der Waals surface area contributed by atoms with Gasteiger partial charge in [-0.05, 0) is 46.3 Å². The van der Waals surface area contributed by atoms with Crippen molar-refractivity contribution in [3.8, 4) is 0 Å². The SMILES string of the molecule is CN(C)c1ccc(N)cc1C(=O)OCc1ccc(Br)s1. The second kappa shape index (κ2) is 6.28. The summed E-state index contributed by atoms with van der Waals surface area (Å²) in [5, 5.41) is 0. The predicted octanol–water partition coefficient (Wildman–Crippen LogP) is 3.52. The molecule has 106 valence electrons. The molecule has 6 heteroatoms. The molecule has 0 aliphatic rings. The van der Waals surface area contributed by atoms with E-state index < -0.39 is 0 Å². The first-order valence-corrected chi connectivity index (χ1v) is 7.56. The van der Waals surface area contributed by atoms with E-state index in [-0.39, 0.29) is 12.6 Å². The number of nitrogens with two attached hydrogens (primary N) is 1. The standard InChI is InChI=1S/C14H15BrN2O2S/c1-17(2)12-5-3-9(16)7-11(12)14(18)19-8-10-4-6-13(15)20-10/h3-7H,8,16H2,1-2H3. The molecule has 0 spiro atoms. The van der Waals surface area contributed by atoms with Gasteiger partial charge in [0.2, 0.25) is 0 Å². The Hall–Kier alpha value is -1.53. The van der Waals surface area contributed by atoms with Crippen molar-refractivity contribution in [3.05, 3.63) is 44.6 Å². The van der Waals surface area contributed by atoms with E-state index >= 15 is 0 Å². The van der Waals surface area contributed by atoms with Crippen LogP contribution in [-0.4, -0.2) is 20.1 Å². The summed E-state index contributed by atoms with van der Waals surface area (Å²) in [7, 11) is 3.75. The van der Waals surface area contributed by atoms with E-state index in [1.165, 1.54) is 0 Å². The lowest BCUT2D eigenvalue weighted by atomic mass is 10.1. The predicted molar refractivity (Wildman–Crippen MR) is 86.3 cm³/mol. The fourth-order valence-corrected chi connectivity index (χ4v) is 3.15. The highest BCUT2D eigenvalue weighted by Crippen LogP contribution is 2.25. The lowest BCUT2D eigenvalue weighted by Crippen LogP contribution is -2.15. The Labute approximate surface area is 130 Å². The van der Waals surface area contributed by atoms with Crippen LogP contribution in [0.4, 0.5) is 11.4 Å². The third-order valence-corrected chi connectivity index (χ3v) is 4.29. The van der Waals surface area contributed by atoms with Crippen LogP contribution in [0.1, 0.15) is 15.2 Å². The highest BCUT2D eigenvalue weighted by molar-refractivity contribution is 9.11. The number of benzene rings is 1. The maximum absolute atomic E-state index is 12.2. The molecule has 0 amide bonds. The highest BCUT2D eigenvalue weighted by atomic mass is 79.9. The van der Waals surface area contributed by atoms with Gasteiger partial charge < -0.3 is 15.4 Å². The second-order valence-electron chi connectivity index (χ2n) is 4.45. The average molecular weight is 355 g/mol. The van der Waals surface area contributed by atoms with Crippen LogP contribution in [0.15, 0.2) is 34.1 Å². The molecular weight excluding hydrogens is 340 g/mol. The number of nitrogen functional groups attached to an aromatic ring is 1. The van der Waals surface area contributed by atoms with Crippen LogP contribution >= 0.6 is 27.3 Å². The van der Waals surface area contributed by atoms with Gasteiger partial charge in [0, 0.05) is 24.7 Å². The summed E-state index contributed by atoms with van der Waals surface area (Å²) in [6.45, 7) is 0.261. The monoisotopic (exact) mass is 354 g/mol. The number of rotatable bonds is 4. The second-order valence-corrected chi connectivity index (χ2v) is 7.00. The van der Waals surface area contributed by atoms with Crippen LogP contribution in [0.5, 0.6) is 0 Å². The number of halogens is 1. The Bertz CT molecular complexity index is 625. The number of thiophene rings is 1. The Morgan fingerprint density at radius 2 is 2.10 bits per heavy atom. The summed E-state index contributed by atoms with van der Waals surface area (Å²) in [4.78, 5) is 15.0. The van der Waals surface area contributed by atoms with Crippen molar-refractivity contribution >= 4 is 44.6 Å². The number of hydrogen-bond acceptors (Lipinski definition) is 5. The smallest absolute Gasteiger partial charge is 0.340 e. The zero-order chi connectivity index (χ0) is 14.7. The van der Waals surface area contributed by atoms with Crippen molar-refractivity contribution in [1.29, 1.82) is 0 Å². The number of hydrogen-bond donors (Lipinski definition) is 1. The lowest BCUT2D eigenvalue weighted by Gasteiger charge is -2.17. The van der Waals surface area contributed by atoms with Crippen molar-refractivity contribution in [3.63, 3.8) is 0 Å². The molecule has 0 saturated carbocycles. The number of anilines is 2. The van der Waals surface area contributed by atoms with E-state index in [0.29, 0.717) is 11.3 Å². The first-order chi connectivity index (χ1) is 9.47. The number of ether oxygens (including phenoxy) is 1. The fraction of sp³-hybridized carbons (Fsp3) is 0.214. The maximum atomic E-state index is 12.2. The topological polar surface area (TPSA) is 55.6 Å². The van der Waals surface area contributed by atoms with Crippen molar-refractivity contribution in [1.82, 2.24) is 0 Å². The highest BCUT2D eigenvalue weighted by Gasteiger charge is 2.15. The molecule has 1 aromatic carbocycles. The van der Waals surface area contributed by atoms with Gasteiger partial charge in [-0.15, -0.1) is 11.3 Å². The van der Waals surface area contributed by atoms with Gasteiger partial charge in [0.25, 0.3) is 0 Å². The van der Waals surface area contributed by atoms with E-state index in [4.69, 9.17) is 10.5 Å². The molecule has 0 aliphatic carbocycles. The van der Waals surface area contributed by atoms with Crippen LogP contribution in [0.3, 0.4) is 0 Å². The van der Waals surface area contributed by atoms with E-state index in [1.54, 1.807) is 23.5 Å². The van der Waals surface area contributed by atoms with Gasteiger partial charge in [0.15, 0.2) is 0 Å². The molecular formula is C14H15BrN2O2S. The Morgan fingerprint density at radius 3 is 2.70 bits per heavy atom. The summed E-state index contributed by atoms with van der Waals surface area (Å²) < 4.78 is 6.36. The molecule has 2 N–H and O–H groups in total. The molecule has 0 saturated heterocycles. The van der Waals surface area contributed by atoms with E-state index in [0.717, 1.165) is 14.4 Å². The molecule has 0 fully saturated rings. The first kappa shape index (κ1) is 14.9. The van der Waals surface area contributed by atoms with Crippen LogP contribution < -0.4 is 10.6 Å². The zero-order valence-corrected chi connectivity index (χ0v) is 13.6. The van der Waals surface area contributed by atoms with E-state index in [2.05, 4.69) is 15.9 Å². The molecule has 2 aromatic rings. The molecule has 1 aromatic heterocycles. The molecule has 1 heterocycles. The van der Waals surface area contributed by atoms with Crippen molar-refractivity contribution in [2.24, 2.45) is 0 Å². The van der Waals surface area contributed by atoms with Crippen molar-refractivity contribution < 1.29 is 9.53 Å². The third-order valence-electron chi connectivity index (χ3n) is 2.70. The van der Waals surface area contributed by atoms with Crippen LogP contribution in [0.25, 0.3) is 0 Å². The maximum Gasteiger partial charge on any atom is 0.340 e. The third kappa shape index (κ3) is 3.52. The van der Waals surface area contributed by atoms with Crippen molar-refractivity contribution in [2.75, 3.05) is 24.7 Å². The summed E-state index contributed by atoms with van der Waals surface area (Å²) in [6.07, 6.45) is 0. The van der Waals surface area contributed by atoms with Gasteiger partial charge in [0.05, 0.1) is 15.0 Å². The van der Waals surface area contributed by atoms with Gasteiger partial charge >= 0.3 is 5.97 Å². The average Bonchev–Trinajstić information content (AvgIpc) is 2.81. The molecule has 20 heavy (non-hydrogen) atoms. The summed E-state index contributed by atoms with van der Waals surface area (Å²) in [6, 6.07) is 9.08. The number of carbonyl (C=O) groups excluding carboxylic acids is 1. The summed E-state index contributed by atoms with van der Waals surface area (Å²) >= 11 is 4.92. The van der Waals surface area contributed by atoms with Gasteiger partial charge in [-0.3, -0.25) is 0 Å². The minimum absolute atomic E-state index is 0.261. The first-order valence-electron chi connectivity index (χ1n) is 5.95. The zero-order valence-electron chi connectivity index (χ0n) is 11.2. The number of carbonyl (C=O) groups is 1. The van der Waals surface area contributed by atoms with Crippen LogP contribution in [-0.2, 0) is 11.3 Å². The Kier molecular flexibility index (Phi) is 4.67. The lowest BCUT2D eigenvalue weighted by molar-refractivity contribution is 0.0477. The van der Waals surface area contributed by atoms with Gasteiger partial charge in [-0.25, -0.2) is 4.79 Å². The van der Waals surface area contributed by atoms with Crippen molar-refractivity contribution in [2.45, 2.75) is 6.61 Å². The van der Waals surface area contributed by atoms with Gasteiger partial charge in [-0.2, -0.15) is 0 Å². The normalized spacial score (nSPS) is 10.3. The summed E-state index contributed by atoms with van der Waals surface area (Å²) in [5.74, 6) is -0.370. The van der Waals surface area contributed by atoms with E-state index in [9.17, 15) is 4.79 Å². The number of esters is 1. The fourth-order valence-electron chi connectivity index (χ4n) is 1.75. The van der Waals surface area contributed by atoms with Crippen LogP contribution in [0.2, 0.25) is 0 Å². The molecule has 0 unspecified atom stereocenters. The Morgan fingerprint density at radius 1 is 1.35 bits per heavy atom. The molecule has 0 atom stereocenters. The van der Waals surface area contributed by atoms with E-state index in [1.807, 2.05) is 37.2 Å². The molecule has 2 rings (SSSR count). The van der Waals surface area contributed by atoms with Crippen LogP contribution in [0, 0.1) is 0 Å². The van der Waals surface area contributed by atoms with Gasteiger partial charge in [-0.1, -0.05) is 0 Å². The molecule has 4 nitrogen and oxygen atoms in total. The molecule has 0 aliphatic heterocycles. The molecule has 0 bridgehead atoms. The minimum Gasteiger partial charge on any atom is -0.456 e. The summed E-state index contributed by atoms with van der Waals surface area (Å²) in [5.41, 5.74) is 7.55. The molecule has 0 radical (unpaired) electrons.